The van der Waals surface area contributed by atoms with Gasteiger partial charge < -0.3 is 14.2 Å². The molecular formula is C30H52O4. The molecule has 4 aliphatic carbocycles. The zero-order valence-electron chi connectivity index (χ0n) is 23.1. The fourth-order valence-corrected chi connectivity index (χ4v) is 10.1. The molecule has 0 radical (unpaired) electrons. The predicted octanol–water partition coefficient (Wildman–Crippen LogP) is 7.11. The summed E-state index contributed by atoms with van der Waals surface area (Å²) in [6.45, 7) is 13.0. The minimum atomic E-state index is -0.0631. The number of carbonyl (C=O) groups excluding carboxylic acids is 1. The fourth-order valence-electron chi connectivity index (χ4n) is 10.1. The Kier molecular flexibility index (Phi) is 8.09. The minimum Gasteiger partial charge on any atom is -0.469 e. The van der Waals surface area contributed by atoms with Gasteiger partial charge in [-0.15, -0.1) is 0 Å². The summed E-state index contributed by atoms with van der Waals surface area (Å²) in [7, 11) is 3.28. The number of rotatable bonds is 8. The van der Waals surface area contributed by atoms with Crippen LogP contribution in [0.2, 0.25) is 0 Å². The van der Waals surface area contributed by atoms with E-state index in [0.29, 0.717) is 53.8 Å². The molecule has 0 aromatic carbocycles. The highest BCUT2D eigenvalue weighted by atomic mass is 16.7. The van der Waals surface area contributed by atoms with E-state index < -0.39 is 0 Å². The van der Waals surface area contributed by atoms with Gasteiger partial charge in [-0.1, -0.05) is 47.5 Å². The van der Waals surface area contributed by atoms with Crippen molar-refractivity contribution >= 4 is 5.97 Å². The Morgan fingerprint density at radius 1 is 1.00 bits per heavy atom. The van der Waals surface area contributed by atoms with E-state index in [-0.39, 0.29) is 5.97 Å². The zero-order chi connectivity index (χ0) is 24.7. The van der Waals surface area contributed by atoms with Crippen LogP contribution in [0, 0.1) is 58.2 Å². The molecule has 0 bridgehead atoms. The summed E-state index contributed by atoms with van der Waals surface area (Å²) < 4.78 is 17.1. The van der Waals surface area contributed by atoms with Crippen molar-refractivity contribution in [1.29, 1.82) is 0 Å². The van der Waals surface area contributed by atoms with Crippen LogP contribution >= 0.6 is 0 Å². The Labute approximate surface area is 209 Å². The molecule has 196 valence electrons. The lowest BCUT2D eigenvalue weighted by Gasteiger charge is -2.65. The van der Waals surface area contributed by atoms with Crippen LogP contribution in [0.15, 0.2) is 0 Å². The normalized spacial score (nSPS) is 46.8. The standard InChI is InChI=1S/C30H52O4/c1-8-21-25-17-19(2)13-15-30(25,5)24-14-16-29(4)22(20(3)9-12-26(31)33-7)10-11-23(29)27(24)28(21)34-18-32-6/h19-25,27-28H,8-18H2,1-7H3/t19-,20-,21-,22-,23?,24?,25+,27?,28-,29-,30-/m1/s1. The van der Waals surface area contributed by atoms with E-state index in [0.717, 1.165) is 30.1 Å². The first-order valence-electron chi connectivity index (χ1n) is 14.4. The highest BCUT2D eigenvalue weighted by Gasteiger charge is 2.65. The molecule has 0 amide bonds. The zero-order valence-corrected chi connectivity index (χ0v) is 23.1. The number of methoxy groups -OCH3 is 2. The summed E-state index contributed by atoms with van der Waals surface area (Å²) in [6, 6.07) is 0. The van der Waals surface area contributed by atoms with E-state index in [1.165, 1.54) is 58.5 Å². The van der Waals surface area contributed by atoms with Crippen molar-refractivity contribution in [3.05, 3.63) is 0 Å². The second-order valence-electron chi connectivity index (χ2n) is 13.2. The Morgan fingerprint density at radius 2 is 1.71 bits per heavy atom. The van der Waals surface area contributed by atoms with Crippen molar-refractivity contribution in [2.75, 3.05) is 21.0 Å². The van der Waals surface area contributed by atoms with Crippen LogP contribution in [-0.2, 0) is 19.0 Å². The Hall–Kier alpha value is -0.610. The van der Waals surface area contributed by atoms with Gasteiger partial charge >= 0.3 is 5.97 Å². The van der Waals surface area contributed by atoms with Crippen molar-refractivity contribution in [3.63, 3.8) is 0 Å². The summed E-state index contributed by atoms with van der Waals surface area (Å²) in [6.07, 6.45) is 12.5. The van der Waals surface area contributed by atoms with Crippen molar-refractivity contribution in [1.82, 2.24) is 0 Å². The molecule has 0 aromatic heterocycles. The van der Waals surface area contributed by atoms with Gasteiger partial charge in [-0.2, -0.15) is 0 Å². The van der Waals surface area contributed by atoms with E-state index >= 15 is 0 Å². The third kappa shape index (κ3) is 4.38. The van der Waals surface area contributed by atoms with Crippen molar-refractivity contribution in [2.45, 2.75) is 105 Å². The minimum absolute atomic E-state index is 0.0631. The number of fused-ring (bicyclic) bond motifs is 5. The van der Waals surface area contributed by atoms with Crippen LogP contribution in [-0.4, -0.2) is 33.1 Å². The van der Waals surface area contributed by atoms with E-state index in [1.807, 2.05) is 0 Å². The van der Waals surface area contributed by atoms with E-state index in [2.05, 4.69) is 34.6 Å². The third-order valence-corrected chi connectivity index (χ3v) is 11.8. The molecule has 0 spiro atoms. The van der Waals surface area contributed by atoms with Gasteiger partial charge in [-0.3, -0.25) is 4.79 Å². The SMILES string of the molecule is CC[C@H]1[C@@H](OCOC)C2C3CC[C@H]([C@H](C)CCC(=O)OC)[C@@]3(C)CCC2[C@@]2(C)CC[C@@H](C)C[C@@H]12. The summed E-state index contributed by atoms with van der Waals surface area (Å²) >= 11 is 0. The van der Waals surface area contributed by atoms with Crippen LogP contribution in [0.3, 0.4) is 0 Å². The first kappa shape index (κ1) is 26.5. The average Bonchev–Trinajstić information content (AvgIpc) is 3.18. The smallest absolute Gasteiger partial charge is 0.305 e. The van der Waals surface area contributed by atoms with Crippen LogP contribution in [0.25, 0.3) is 0 Å². The van der Waals surface area contributed by atoms with E-state index in [4.69, 9.17) is 14.2 Å². The second kappa shape index (κ2) is 10.4. The lowest BCUT2D eigenvalue weighted by atomic mass is 9.41. The Bertz CT molecular complexity index is 708. The fraction of sp³-hybridized carbons (Fsp3) is 0.967. The van der Waals surface area contributed by atoms with Gasteiger partial charge in [0.1, 0.15) is 6.79 Å². The molecule has 4 saturated carbocycles. The van der Waals surface area contributed by atoms with Crippen LogP contribution < -0.4 is 0 Å². The molecule has 0 saturated heterocycles. The molecule has 0 aromatic rings. The van der Waals surface area contributed by atoms with E-state index in [1.54, 1.807) is 7.11 Å². The molecule has 4 aliphatic rings. The summed E-state index contributed by atoms with van der Waals surface area (Å²) in [5.74, 6) is 5.61. The Balaban J connectivity index is 1.64. The molecule has 4 rings (SSSR count). The monoisotopic (exact) mass is 476 g/mol. The summed E-state index contributed by atoms with van der Waals surface area (Å²) in [4.78, 5) is 11.8. The van der Waals surface area contributed by atoms with Gasteiger partial charge in [0, 0.05) is 13.5 Å². The number of hydrogen-bond acceptors (Lipinski definition) is 4. The first-order valence-corrected chi connectivity index (χ1v) is 14.4. The molecule has 4 fully saturated rings. The van der Waals surface area contributed by atoms with Gasteiger partial charge in [0.15, 0.2) is 0 Å². The summed E-state index contributed by atoms with van der Waals surface area (Å²) in [5.41, 5.74) is 0.815. The number of carbonyl (C=O) groups is 1. The number of ether oxygens (including phenoxy) is 3. The van der Waals surface area contributed by atoms with Gasteiger partial charge in [0.2, 0.25) is 0 Å². The lowest BCUT2D eigenvalue weighted by Crippen LogP contribution is -2.62. The quantitative estimate of drug-likeness (QED) is 0.277. The molecule has 11 atom stereocenters. The number of esters is 1. The number of hydrogen-bond donors (Lipinski definition) is 0. The molecule has 4 heteroatoms. The van der Waals surface area contributed by atoms with Crippen LogP contribution in [0.5, 0.6) is 0 Å². The molecule has 3 unspecified atom stereocenters. The van der Waals surface area contributed by atoms with Crippen molar-refractivity contribution < 1.29 is 19.0 Å². The maximum absolute atomic E-state index is 11.8. The first-order chi connectivity index (χ1) is 16.2. The third-order valence-electron chi connectivity index (χ3n) is 11.8. The molecule has 4 nitrogen and oxygen atoms in total. The molecular weight excluding hydrogens is 424 g/mol. The molecule has 0 heterocycles. The van der Waals surface area contributed by atoms with Gasteiger partial charge in [0.25, 0.3) is 0 Å². The highest BCUT2D eigenvalue weighted by molar-refractivity contribution is 5.69. The highest BCUT2D eigenvalue weighted by Crippen LogP contribution is 2.70. The van der Waals surface area contributed by atoms with Crippen LogP contribution in [0.4, 0.5) is 0 Å². The topological polar surface area (TPSA) is 44.8 Å². The molecule has 34 heavy (non-hydrogen) atoms. The second-order valence-corrected chi connectivity index (χ2v) is 13.2. The average molecular weight is 477 g/mol. The maximum Gasteiger partial charge on any atom is 0.305 e. The van der Waals surface area contributed by atoms with E-state index in [9.17, 15) is 4.79 Å². The van der Waals surface area contributed by atoms with Crippen LogP contribution in [0.1, 0.15) is 98.8 Å². The van der Waals surface area contributed by atoms with Crippen molar-refractivity contribution in [3.8, 4) is 0 Å². The summed E-state index contributed by atoms with van der Waals surface area (Å²) in [5, 5.41) is 0. The lowest BCUT2D eigenvalue weighted by molar-refractivity contribution is -0.231. The van der Waals surface area contributed by atoms with Gasteiger partial charge in [-0.25, -0.2) is 0 Å². The maximum atomic E-state index is 11.8. The van der Waals surface area contributed by atoms with Crippen molar-refractivity contribution in [2.24, 2.45) is 58.2 Å². The largest absolute Gasteiger partial charge is 0.469 e. The molecule has 0 aliphatic heterocycles. The Morgan fingerprint density at radius 3 is 2.38 bits per heavy atom. The molecule has 0 N–H and O–H groups in total. The predicted molar refractivity (Wildman–Crippen MR) is 136 cm³/mol. The van der Waals surface area contributed by atoms with Gasteiger partial charge in [0.05, 0.1) is 13.2 Å². The van der Waals surface area contributed by atoms with Gasteiger partial charge in [-0.05, 0) is 103 Å².